The molecule has 0 spiro atoms. The van der Waals surface area contributed by atoms with Crippen LogP contribution in [-0.4, -0.2) is 22.5 Å². The van der Waals surface area contributed by atoms with Crippen LogP contribution >= 0.6 is 11.6 Å². The van der Waals surface area contributed by atoms with Crippen LogP contribution in [0.4, 0.5) is 5.69 Å². The van der Waals surface area contributed by atoms with Gasteiger partial charge in [0.1, 0.15) is 5.54 Å². The molecule has 6 heteroatoms. The van der Waals surface area contributed by atoms with Crippen molar-refractivity contribution in [1.29, 1.82) is 0 Å². The summed E-state index contributed by atoms with van der Waals surface area (Å²) in [5, 5.41) is 11.8. The van der Waals surface area contributed by atoms with Gasteiger partial charge in [0.05, 0.1) is 0 Å². The monoisotopic (exact) mass is 254 g/mol. The normalized spacial score (nSPS) is 16.3. The summed E-state index contributed by atoms with van der Waals surface area (Å²) in [6.07, 6.45) is 0.897. The van der Waals surface area contributed by atoms with Crippen LogP contribution in [0.25, 0.3) is 0 Å². The number of aliphatic carboxylic acids is 1. The number of nitrogens with one attached hydrogen (secondary N) is 1. The summed E-state index contributed by atoms with van der Waals surface area (Å²) in [6, 6.07) is 4.42. The molecule has 0 unspecified atom stereocenters. The number of benzene rings is 1. The largest absolute Gasteiger partial charge is 0.480 e. The molecule has 1 aromatic rings. The first-order valence-corrected chi connectivity index (χ1v) is 5.43. The van der Waals surface area contributed by atoms with Crippen molar-refractivity contribution in [1.82, 2.24) is 5.32 Å². The molecule has 5 nitrogen and oxygen atoms in total. The smallest absolute Gasteiger partial charge is 0.329 e. The zero-order valence-corrected chi connectivity index (χ0v) is 9.62. The van der Waals surface area contributed by atoms with Gasteiger partial charge >= 0.3 is 5.97 Å². The van der Waals surface area contributed by atoms with Gasteiger partial charge in [0, 0.05) is 16.3 Å². The third kappa shape index (κ3) is 2.34. The van der Waals surface area contributed by atoms with Crippen LogP contribution in [-0.2, 0) is 4.79 Å². The average Bonchev–Trinajstić information content (AvgIpc) is 2.97. The first-order valence-electron chi connectivity index (χ1n) is 5.05. The summed E-state index contributed by atoms with van der Waals surface area (Å²) in [5.74, 6) is -1.49. The summed E-state index contributed by atoms with van der Waals surface area (Å²) in [6.45, 7) is 0. The number of nitrogen functional groups attached to an aromatic ring is 1. The molecule has 0 radical (unpaired) electrons. The van der Waals surface area contributed by atoms with E-state index in [9.17, 15) is 9.59 Å². The molecule has 1 saturated carbocycles. The maximum Gasteiger partial charge on any atom is 0.329 e. The van der Waals surface area contributed by atoms with Crippen molar-refractivity contribution in [3.63, 3.8) is 0 Å². The lowest BCUT2D eigenvalue weighted by Gasteiger charge is -2.12. The summed E-state index contributed by atoms with van der Waals surface area (Å²) in [5.41, 5.74) is 5.08. The molecule has 0 saturated heterocycles. The van der Waals surface area contributed by atoms with E-state index in [2.05, 4.69) is 5.32 Å². The Labute approximate surface area is 103 Å². The van der Waals surface area contributed by atoms with Gasteiger partial charge in [-0.2, -0.15) is 0 Å². The quantitative estimate of drug-likeness (QED) is 0.708. The Morgan fingerprint density at radius 3 is 2.47 bits per heavy atom. The van der Waals surface area contributed by atoms with Crippen molar-refractivity contribution in [2.24, 2.45) is 0 Å². The van der Waals surface area contributed by atoms with Crippen molar-refractivity contribution in [3.05, 3.63) is 28.8 Å². The molecule has 4 N–H and O–H groups in total. The lowest BCUT2D eigenvalue weighted by Crippen LogP contribution is -2.43. The third-order valence-electron chi connectivity index (χ3n) is 2.69. The van der Waals surface area contributed by atoms with E-state index in [0.29, 0.717) is 23.6 Å². The minimum Gasteiger partial charge on any atom is -0.480 e. The Morgan fingerprint density at radius 2 is 2.00 bits per heavy atom. The van der Waals surface area contributed by atoms with E-state index in [0.717, 1.165) is 0 Å². The van der Waals surface area contributed by atoms with Crippen LogP contribution in [0.5, 0.6) is 0 Å². The van der Waals surface area contributed by atoms with E-state index in [1.807, 2.05) is 0 Å². The van der Waals surface area contributed by atoms with Crippen LogP contribution in [0.15, 0.2) is 18.2 Å². The third-order valence-corrected chi connectivity index (χ3v) is 2.91. The Kier molecular flexibility index (Phi) is 2.71. The SMILES string of the molecule is Nc1cc(Cl)cc(C(=O)NC2(C(=O)O)CC2)c1. The minimum absolute atomic E-state index is 0.266. The van der Waals surface area contributed by atoms with Gasteiger partial charge in [0.2, 0.25) is 0 Å². The fraction of sp³-hybridized carbons (Fsp3) is 0.273. The summed E-state index contributed by atoms with van der Waals surface area (Å²) < 4.78 is 0. The molecule has 1 aliphatic rings. The number of halogens is 1. The fourth-order valence-electron chi connectivity index (χ4n) is 1.55. The zero-order valence-electron chi connectivity index (χ0n) is 8.87. The molecular weight excluding hydrogens is 244 g/mol. The second-order valence-electron chi connectivity index (χ2n) is 4.11. The van der Waals surface area contributed by atoms with Gasteiger partial charge < -0.3 is 16.2 Å². The molecule has 1 amide bonds. The van der Waals surface area contributed by atoms with Crippen LogP contribution in [0.2, 0.25) is 5.02 Å². The molecule has 2 rings (SSSR count). The lowest BCUT2D eigenvalue weighted by molar-refractivity contribution is -0.140. The second kappa shape index (κ2) is 3.92. The maximum atomic E-state index is 11.8. The Hall–Kier alpha value is -1.75. The van der Waals surface area contributed by atoms with Crippen LogP contribution < -0.4 is 11.1 Å². The molecule has 0 heterocycles. The summed E-state index contributed by atoms with van der Waals surface area (Å²) >= 11 is 5.77. The van der Waals surface area contributed by atoms with Gasteiger partial charge in [-0.15, -0.1) is 0 Å². The number of carbonyl (C=O) groups is 2. The topological polar surface area (TPSA) is 92.4 Å². The number of amides is 1. The molecule has 0 aliphatic heterocycles. The highest BCUT2D eigenvalue weighted by Crippen LogP contribution is 2.35. The van der Waals surface area contributed by atoms with Gasteiger partial charge in [0.15, 0.2) is 0 Å². The van der Waals surface area contributed by atoms with Crippen molar-refractivity contribution < 1.29 is 14.7 Å². The molecule has 0 aromatic heterocycles. The van der Waals surface area contributed by atoms with Crippen molar-refractivity contribution in [2.75, 3.05) is 5.73 Å². The molecule has 1 aromatic carbocycles. The van der Waals surface area contributed by atoms with E-state index >= 15 is 0 Å². The van der Waals surface area contributed by atoms with Crippen molar-refractivity contribution in [3.8, 4) is 0 Å². The number of carboxylic acids is 1. The highest BCUT2D eigenvalue weighted by atomic mass is 35.5. The molecular formula is C11H11ClN2O3. The van der Waals surface area contributed by atoms with Gasteiger partial charge in [-0.25, -0.2) is 4.79 Å². The first-order chi connectivity index (χ1) is 7.93. The Bertz CT molecular complexity index is 477. The van der Waals surface area contributed by atoms with Gasteiger partial charge in [-0.1, -0.05) is 11.6 Å². The van der Waals surface area contributed by atoms with Crippen LogP contribution in [0, 0.1) is 0 Å². The van der Waals surface area contributed by atoms with E-state index in [1.165, 1.54) is 18.2 Å². The number of rotatable bonds is 3. The fourth-order valence-corrected chi connectivity index (χ4v) is 1.79. The number of hydrogen-bond acceptors (Lipinski definition) is 3. The van der Waals surface area contributed by atoms with Crippen molar-refractivity contribution in [2.45, 2.75) is 18.4 Å². The second-order valence-corrected chi connectivity index (χ2v) is 4.55. The number of anilines is 1. The standard InChI is InChI=1S/C11H11ClN2O3/c12-7-3-6(4-8(13)5-7)9(15)14-11(1-2-11)10(16)17/h3-5H,1-2,13H2,(H,14,15)(H,16,17). The molecule has 17 heavy (non-hydrogen) atoms. The Morgan fingerprint density at radius 1 is 1.35 bits per heavy atom. The van der Waals surface area contributed by atoms with Gasteiger partial charge in [-0.3, -0.25) is 4.79 Å². The van der Waals surface area contributed by atoms with Gasteiger partial charge in [0.25, 0.3) is 5.91 Å². The number of nitrogens with two attached hydrogens (primary N) is 1. The lowest BCUT2D eigenvalue weighted by atomic mass is 10.1. The highest BCUT2D eigenvalue weighted by Gasteiger charge is 2.51. The number of carboxylic acid groups (broad SMARTS) is 1. The number of hydrogen-bond donors (Lipinski definition) is 3. The minimum atomic E-state index is -1.10. The molecule has 0 bridgehead atoms. The van der Waals surface area contributed by atoms with Crippen LogP contribution in [0.1, 0.15) is 23.2 Å². The van der Waals surface area contributed by atoms with E-state index < -0.39 is 17.4 Å². The molecule has 0 atom stereocenters. The Balaban J connectivity index is 2.18. The zero-order chi connectivity index (χ0) is 12.6. The van der Waals surface area contributed by atoms with E-state index in [1.54, 1.807) is 0 Å². The first kappa shape index (κ1) is 11.7. The highest BCUT2D eigenvalue weighted by molar-refractivity contribution is 6.31. The summed E-state index contributed by atoms with van der Waals surface area (Å²) in [4.78, 5) is 22.7. The average molecular weight is 255 g/mol. The molecule has 90 valence electrons. The maximum absolute atomic E-state index is 11.8. The number of carbonyl (C=O) groups excluding carboxylic acids is 1. The predicted octanol–water partition coefficient (Wildman–Crippen LogP) is 1.27. The van der Waals surface area contributed by atoms with Crippen molar-refractivity contribution >= 4 is 29.2 Å². The summed E-state index contributed by atoms with van der Waals surface area (Å²) in [7, 11) is 0. The van der Waals surface area contributed by atoms with E-state index in [-0.39, 0.29) is 5.56 Å². The van der Waals surface area contributed by atoms with Gasteiger partial charge in [-0.05, 0) is 31.0 Å². The predicted molar refractivity (Wildman–Crippen MR) is 62.9 cm³/mol. The molecule has 1 fully saturated rings. The van der Waals surface area contributed by atoms with E-state index in [4.69, 9.17) is 22.4 Å². The van der Waals surface area contributed by atoms with Crippen LogP contribution in [0.3, 0.4) is 0 Å². The molecule has 1 aliphatic carbocycles.